The summed E-state index contributed by atoms with van der Waals surface area (Å²) in [6, 6.07) is 5.57. The summed E-state index contributed by atoms with van der Waals surface area (Å²) in [4.78, 5) is 22.7. The minimum atomic E-state index is -0.477. The molecule has 0 aliphatic rings. The zero-order valence-electron chi connectivity index (χ0n) is 19.4. The monoisotopic (exact) mass is 431 g/mol. The number of unbranched alkanes of at least 4 members (excludes halogenated alkanes) is 11. The summed E-state index contributed by atoms with van der Waals surface area (Å²) in [6.45, 7) is 6.01. The maximum absolute atomic E-state index is 12.4. The molecule has 1 rings (SSSR count). The van der Waals surface area contributed by atoms with Gasteiger partial charge in [-0.1, -0.05) is 83.6 Å². The smallest absolute Gasteiger partial charge is 0.338 e. The molecule has 1 aromatic rings. The van der Waals surface area contributed by atoms with Crippen molar-refractivity contribution in [3.8, 4) is 0 Å². The first-order valence-corrected chi connectivity index (χ1v) is 12.1. The number of benzene rings is 1. The van der Waals surface area contributed by atoms with Gasteiger partial charge in [-0.05, 0) is 37.8 Å². The van der Waals surface area contributed by atoms with Crippen LogP contribution in [0.1, 0.15) is 114 Å². The van der Waals surface area contributed by atoms with Gasteiger partial charge in [0.05, 0.1) is 10.5 Å². The lowest BCUT2D eigenvalue weighted by atomic mass is 10.0. The number of hydrogen-bond donors (Lipinski definition) is 0. The van der Waals surface area contributed by atoms with Crippen LogP contribution in [0.5, 0.6) is 0 Å². The Morgan fingerprint density at radius 2 is 1.45 bits per heavy atom. The molecule has 0 aliphatic carbocycles. The number of carbonyl (C=O) groups is 1. The second-order valence-corrected chi connectivity index (χ2v) is 8.38. The molecule has 0 N–H and O–H groups in total. The van der Waals surface area contributed by atoms with Crippen molar-refractivity contribution >= 4 is 11.7 Å². The number of nitro benzene ring substituents is 1. The fourth-order valence-electron chi connectivity index (χ4n) is 3.72. The van der Waals surface area contributed by atoms with E-state index in [2.05, 4.69) is 13.5 Å². The number of ether oxygens (including phenoxy) is 1. The third-order valence-electron chi connectivity index (χ3n) is 5.66. The average Bonchev–Trinajstić information content (AvgIpc) is 2.77. The molecule has 5 nitrogen and oxygen atoms in total. The van der Waals surface area contributed by atoms with Crippen molar-refractivity contribution in [1.29, 1.82) is 0 Å². The third-order valence-corrected chi connectivity index (χ3v) is 5.66. The van der Waals surface area contributed by atoms with Crippen molar-refractivity contribution in [2.24, 2.45) is 0 Å². The Kier molecular flexibility index (Phi) is 15.2. The van der Waals surface area contributed by atoms with Gasteiger partial charge in [-0.2, -0.15) is 0 Å². The van der Waals surface area contributed by atoms with E-state index in [0.29, 0.717) is 5.56 Å². The summed E-state index contributed by atoms with van der Waals surface area (Å²) >= 11 is 0. The van der Waals surface area contributed by atoms with Crippen LogP contribution in [0.25, 0.3) is 0 Å². The highest BCUT2D eigenvalue weighted by Gasteiger charge is 2.16. The number of nitrogens with zero attached hydrogens (tertiary/aromatic N) is 1. The van der Waals surface area contributed by atoms with Crippen LogP contribution in [-0.4, -0.2) is 17.0 Å². The fourth-order valence-corrected chi connectivity index (χ4v) is 3.72. The average molecular weight is 432 g/mol. The van der Waals surface area contributed by atoms with Gasteiger partial charge in [0.15, 0.2) is 0 Å². The number of esters is 1. The Morgan fingerprint density at radius 1 is 0.935 bits per heavy atom. The van der Waals surface area contributed by atoms with E-state index in [1.165, 1.54) is 88.5 Å². The van der Waals surface area contributed by atoms with E-state index in [4.69, 9.17) is 4.74 Å². The summed E-state index contributed by atoms with van der Waals surface area (Å²) in [5.41, 5.74) is 0.320. The summed E-state index contributed by atoms with van der Waals surface area (Å²) in [5.74, 6) is -0.414. The number of non-ortho nitro benzene ring substituents is 1. The van der Waals surface area contributed by atoms with Gasteiger partial charge >= 0.3 is 5.97 Å². The highest BCUT2D eigenvalue weighted by atomic mass is 16.6. The minimum absolute atomic E-state index is 0.0312. The van der Waals surface area contributed by atoms with Crippen LogP contribution in [0.4, 0.5) is 5.69 Å². The topological polar surface area (TPSA) is 69.4 Å². The van der Waals surface area contributed by atoms with Gasteiger partial charge in [-0.25, -0.2) is 4.79 Å². The molecule has 0 spiro atoms. The highest BCUT2D eigenvalue weighted by Crippen LogP contribution is 2.18. The molecular weight excluding hydrogens is 390 g/mol. The van der Waals surface area contributed by atoms with E-state index in [0.717, 1.165) is 32.1 Å². The third kappa shape index (κ3) is 13.0. The molecule has 0 unspecified atom stereocenters. The first-order valence-electron chi connectivity index (χ1n) is 12.1. The van der Waals surface area contributed by atoms with E-state index in [9.17, 15) is 14.9 Å². The van der Waals surface area contributed by atoms with E-state index < -0.39 is 10.9 Å². The molecule has 0 aromatic heterocycles. The number of hydrogen-bond acceptors (Lipinski definition) is 4. The zero-order chi connectivity index (χ0) is 22.7. The maximum atomic E-state index is 12.4. The number of carbonyl (C=O) groups excluding carboxylic acids is 1. The second-order valence-electron chi connectivity index (χ2n) is 8.38. The predicted molar refractivity (Wildman–Crippen MR) is 127 cm³/mol. The Balaban J connectivity index is 2.23. The van der Waals surface area contributed by atoms with Gasteiger partial charge in [0.1, 0.15) is 6.10 Å². The lowest BCUT2D eigenvalue weighted by Crippen LogP contribution is -2.18. The zero-order valence-corrected chi connectivity index (χ0v) is 19.4. The molecule has 31 heavy (non-hydrogen) atoms. The fraction of sp³-hybridized carbons (Fsp3) is 0.654. The van der Waals surface area contributed by atoms with Crippen LogP contribution < -0.4 is 0 Å². The first kappa shape index (κ1) is 26.9. The van der Waals surface area contributed by atoms with E-state index in [1.54, 1.807) is 0 Å². The Labute approximate surface area is 188 Å². The van der Waals surface area contributed by atoms with Crippen molar-refractivity contribution < 1.29 is 14.5 Å². The van der Waals surface area contributed by atoms with E-state index in [1.807, 2.05) is 6.08 Å². The summed E-state index contributed by atoms with van der Waals surface area (Å²) < 4.78 is 5.68. The van der Waals surface area contributed by atoms with Gasteiger partial charge < -0.3 is 4.74 Å². The molecule has 0 heterocycles. The molecule has 0 saturated heterocycles. The van der Waals surface area contributed by atoms with Gasteiger partial charge in [0, 0.05) is 12.1 Å². The largest absolute Gasteiger partial charge is 0.459 e. The molecule has 0 bridgehead atoms. The Morgan fingerprint density at radius 3 is 1.94 bits per heavy atom. The Hall–Kier alpha value is -2.17. The summed E-state index contributed by atoms with van der Waals surface area (Å²) in [7, 11) is 0. The van der Waals surface area contributed by atoms with Gasteiger partial charge in [-0.3, -0.25) is 10.1 Å². The molecule has 5 heteroatoms. The van der Waals surface area contributed by atoms with Crippen molar-refractivity contribution in [2.75, 3.05) is 0 Å². The number of allylic oxidation sites excluding steroid dienone is 1. The quantitative estimate of drug-likeness (QED) is 0.0728. The van der Waals surface area contributed by atoms with Gasteiger partial charge in [-0.15, -0.1) is 6.58 Å². The molecule has 0 aliphatic heterocycles. The molecule has 1 aromatic carbocycles. The molecule has 1 atom stereocenters. The van der Waals surface area contributed by atoms with Crippen molar-refractivity contribution in [3.63, 3.8) is 0 Å². The molecule has 0 fully saturated rings. The van der Waals surface area contributed by atoms with Crippen LogP contribution in [0.2, 0.25) is 0 Å². The highest BCUT2D eigenvalue weighted by molar-refractivity contribution is 5.89. The lowest BCUT2D eigenvalue weighted by molar-refractivity contribution is -0.384. The number of rotatable bonds is 19. The summed E-state index contributed by atoms with van der Waals surface area (Å²) in [6.07, 6.45) is 19.7. The van der Waals surface area contributed by atoms with Gasteiger partial charge in [0.25, 0.3) is 5.69 Å². The van der Waals surface area contributed by atoms with Crippen LogP contribution >= 0.6 is 0 Å². The SMILES string of the molecule is C=CCC[C@H](CCCCCCCCCCCCCC)OC(=O)c1ccc([N+](=O)[O-])cc1. The van der Waals surface area contributed by atoms with Crippen LogP contribution in [-0.2, 0) is 4.74 Å². The van der Waals surface area contributed by atoms with Gasteiger partial charge in [0.2, 0.25) is 0 Å². The second kappa shape index (κ2) is 17.5. The van der Waals surface area contributed by atoms with Crippen LogP contribution in [0.15, 0.2) is 36.9 Å². The molecule has 174 valence electrons. The van der Waals surface area contributed by atoms with E-state index >= 15 is 0 Å². The molecular formula is C26H41NO4. The van der Waals surface area contributed by atoms with Crippen molar-refractivity contribution in [2.45, 2.75) is 109 Å². The minimum Gasteiger partial charge on any atom is -0.459 e. The molecule has 0 amide bonds. The van der Waals surface area contributed by atoms with E-state index in [-0.39, 0.29) is 11.8 Å². The summed E-state index contributed by atoms with van der Waals surface area (Å²) in [5, 5.41) is 10.8. The maximum Gasteiger partial charge on any atom is 0.338 e. The number of nitro groups is 1. The van der Waals surface area contributed by atoms with Crippen molar-refractivity contribution in [3.05, 3.63) is 52.6 Å². The van der Waals surface area contributed by atoms with Crippen LogP contribution in [0.3, 0.4) is 0 Å². The molecule has 0 saturated carbocycles. The Bertz CT molecular complexity index is 627. The molecule has 0 radical (unpaired) electrons. The van der Waals surface area contributed by atoms with Crippen LogP contribution in [0, 0.1) is 10.1 Å². The lowest BCUT2D eigenvalue weighted by Gasteiger charge is -2.17. The normalized spacial score (nSPS) is 11.8. The predicted octanol–water partition coefficient (Wildman–Crippen LogP) is 8.18. The van der Waals surface area contributed by atoms with Crippen molar-refractivity contribution in [1.82, 2.24) is 0 Å². The first-order chi connectivity index (χ1) is 15.1. The standard InChI is InChI=1S/C26H41NO4/c1-3-5-7-8-9-10-11-12-13-14-15-16-18-25(17-6-4-2)31-26(28)23-19-21-24(22-20-23)27(29)30/h4,19-22,25H,2-3,5-18H2,1H3/t25-/m1/s1.